The Balaban J connectivity index is 0.000000185. The van der Waals surface area contributed by atoms with E-state index in [-0.39, 0.29) is 76.0 Å². The molecule has 0 aromatic heterocycles. The Kier molecular flexibility index (Phi) is 29.8. The molecule has 0 unspecified atom stereocenters. The van der Waals surface area contributed by atoms with Gasteiger partial charge in [0, 0.05) is 36.1 Å². The molecule has 568 valence electrons. The average Bonchev–Trinajstić information content (AvgIpc) is 1.43. The van der Waals surface area contributed by atoms with Gasteiger partial charge in [0.05, 0.1) is 13.0 Å². The maximum absolute atomic E-state index is 12.4. The second-order valence-corrected chi connectivity index (χ2v) is 28.3. The van der Waals surface area contributed by atoms with Crippen LogP contribution in [-0.2, 0) is 45.2 Å². The lowest BCUT2D eigenvalue weighted by atomic mass is 9.63. The van der Waals surface area contributed by atoms with Crippen LogP contribution in [0, 0.1) is 11.8 Å². The van der Waals surface area contributed by atoms with Crippen molar-refractivity contribution in [3.8, 4) is 39.1 Å². The summed E-state index contributed by atoms with van der Waals surface area (Å²) in [6, 6.07) is 86.3. The summed E-state index contributed by atoms with van der Waals surface area (Å²) in [6.07, 6.45) is -0.617. The molecular weight excluding hydrogens is 1370 g/mol. The molecule has 0 fully saturated rings. The number of ether oxygens (including phenoxy) is 5. The highest BCUT2D eigenvalue weighted by molar-refractivity contribution is 5.84. The number of hydrogen-bond acceptors (Lipinski definition) is 11. The van der Waals surface area contributed by atoms with Crippen LogP contribution in [-0.4, -0.2) is 97.6 Å². The molecule has 16 nitrogen and oxygen atoms in total. The maximum atomic E-state index is 12.4. The third kappa shape index (κ3) is 20.9. The average molecular weight is 1470 g/mol. The van der Waals surface area contributed by atoms with Crippen LogP contribution in [0.4, 0.5) is 14.4 Å². The number of fused-ring (bicyclic) bond motifs is 9. The predicted molar refractivity (Wildman–Crippen MR) is 431 cm³/mol. The zero-order valence-electron chi connectivity index (χ0n) is 61.9. The number of amides is 3. The van der Waals surface area contributed by atoms with E-state index in [1.165, 1.54) is 38.9 Å². The Morgan fingerprint density at radius 2 is 0.725 bits per heavy atom. The second-order valence-electron chi connectivity index (χ2n) is 28.3. The van der Waals surface area contributed by atoms with Gasteiger partial charge in [-0.1, -0.05) is 291 Å². The minimum atomic E-state index is -1.13. The van der Waals surface area contributed by atoms with E-state index < -0.39 is 47.9 Å². The SMILES string of the molecule is C.C.CC(C)(C)OC(=O)NCCCC[C@H](NC(=O)OCC1c2ccccc2-c2ccccc21)C(=O)O.CC(C)C(=O)OCC1c2ccccc2-c2ccccc21.CC(C)C(c1ccccc1)(c1ccccc1)c1ccccc1.COc1ccc(C[C@H](NC(=O)OCC2c3ccccc3-c3ccccc32)C(=O)O)cc1. The third-order valence-electron chi connectivity index (χ3n) is 19.4. The third-order valence-corrected chi connectivity index (χ3v) is 19.4. The molecule has 16 heteroatoms. The molecule has 3 amide bonds. The number of carbonyl (C=O) groups is 6. The van der Waals surface area contributed by atoms with E-state index in [2.05, 4.69) is 169 Å². The molecule has 109 heavy (non-hydrogen) atoms. The highest BCUT2D eigenvalue weighted by Crippen LogP contribution is 2.48. The molecular formula is C93H103N3O13. The minimum Gasteiger partial charge on any atom is -0.497 e. The summed E-state index contributed by atoms with van der Waals surface area (Å²) in [5, 5.41) is 26.6. The lowest BCUT2D eigenvalue weighted by Gasteiger charge is -2.39. The normalized spacial score (nSPS) is 12.6. The number of alkyl carbamates (subject to hydrolysis) is 3. The first kappa shape index (κ1) is 82.9. The van der Waals surface area contributed by atoms with Crippen LogP contribution in [0.1, 0.15) is 156 Å². The van der Waals surface area contributed by atoms with Crippen molar-refractivity contribution in [1.29, 1.82) is 0 Å². The van der Waals surface area contributed by atoms with E-state index in [9.17, 15) is 39.0 Å². The first-order valence-corrected chi connectivity index (χ1v) is 36.5. The number of methoxy groups -OCH3 is 1. The fourth-order valence-electron chi connectivity index (χ4n) is 14.4. The number of carboxylic acid groups (broad SMARTS) is 2. The smallest absolute Gasteiger partial charge is 0.407 e. The van der Waals surface area contributed by atoms with E-state index in [0.717, 1.165) is 50.1 Å². The fraction of sp³-hybridized carbons (Fsp3) is 0.290. The maximum Gasteiger partial charge on any atom is 0.407 e. The van der Waals surface area contributed by atoms with Crippen molar-refractivity contribution in [3.05, 3.63) is 316 Å². The molecule has 13 rings (SSSR count). The van der Waals surface area contributed by atoms with Crippen molar-refractivity contribution in [2.75, 3.05) is 33.5 Å². The zero-order chi connectivity index (χ0) is 76.0. The van der Waals surface area contributed by atoms with Gasteiger partial charge in [0.15, 0.2) is 0 Å². The number of carboxylic acids is 2. The summed E-state index contributed by atoms with van der Waals surface area (Å²) in [5.41, 5.74) is 18.0. The van der Waals surface area contributed by atoms with Gasteiger partial charge in [-0.3, -0.25) is 4.79 Å². The largest absolute Gasteiger partial charge is 0.497 e. The Morgan fingerprint density at radius 1 is 0.404 bits per heavy atom. The number of aliphatic carboxylic acids is 2. The number of nitrogens with one attached hydrogen (secondary N) is 3. The topological polar surface area (TPSA) is 225 Å². The molecule has 0 radical (unpaired) electrons. The van der Waals surface area contributed by atoms with Crippen molar-refractivity contribution in [2.45, 2.75) is 130 Å². The Hall–Kier alpha value is -11.8. The number of benzene rings is 10. The number of unbranched alkanes of at least 4 members (excludes halogenated alkanes) is 1. The monoisotopic (exact) mass is 1470 g/mol. The molecule has 5 N–H and O–H groups in total. The van der Waals surface area contributed by atoms with E-state index >= 15 is 0 Å². The van der Waals surface area contributed by atoms with Crippen LogP contribution in [0.3, 0.4) is 0 Å². The van der Waals surface area contributed by atoms with Crippen molar-refractivity contribution in [1.82, 2.24) is 16.0 Å². The summed E-state index contributed by atoms with van der Waals surface area (Å²) in [7, 11) is 1.56. The molecule has 0 bridgehead atoms. The van der Waals surface area contributed by atoms with E-state index in [0.29, 0.717) is 37.7 Å². The first-order chi connectivity index (χ1) is 51.7. The standard InChI is InChI=1S/C26H32N2O6.C25H23NO5.C22H22.C18H18O2.2CH4/c1-26(2,3)34-24(31)27-15-9-8-14-22(23(29)30)28-25(32)33-16-21-19-12-6-4-10-17(19)18-11-5-7-13-20(18)21;1-30-17-12-10-16(11-13-17)14-23(24(27)28)26-25(29)31-15-22-20-8-4-2-6-18(20)19-7-3-5-9-21(19)22;1-18(2)22(19-12-6-3-7-13-19,20-14-8-4-9-15-20)21-16-10-5-11-17-21;1-12(2)18(19)20-11-17-15-9-5-3-7-13(15)14-8-4-6-10-16(14)17;;/h4-7,10-13,21-22H,8-9,14-16H2,1-3H3,(H,27,31)(H,28,32)(H,29,30);2-13,22-23H,14-15H2,1H3,(H,26,29)(H,27,28);3-18H,1-2H3;3-10,12,17H,11H2,1-2H3;2*1H4/t22-;23-;;;;/m00..../s1. The van der Waals surface area contributed by atoms with E-state index in [1.54, 1.807) is 52.1 Å². The Morgan fingerprint density at radius 3 is 1.04 bits per heavy atom. The van der Waals surface area contributed by atoms with E-state index in [4.69, 9.17) is 23.7 Å². The molecule has 3 aliphatic carbocycles. The lowest BCUT2D eigenvalue weighted by Crippen LogP contribution is -2.42. The quantitative estimate of drug-likeness (QED) is 0.0174. The van der Waals surface area contributed by atoms with Crippen LogP contribution < -0.4 is 20.7 Å². The van der Waals surface area contributed by atoms with Crippen LogP contribution in [0.5, 0.6) is 5.75 Å². The summed E-state index contributed by atoms with van der Waals surface area (Å²) < 4.78 is 26.6. The Labute approximate surface area is 642 Å². The molecule has 10 aromatic carbocycles. The molecule has 0 saturated heterocycles. The van der Waals surface area contributed by atoms with Gasteiger partial charge >= 0.3 is 36.2 Å². The van der Waals surface area contributed by atoms with Gasteiger partial charge in [-0.05, 0) is 147 Å². The second kappa shape index (κ2) is 39.2. The highest BCUT2D eigenvalue weighted by Gasteiger charge is 2.40. The molecule has 0 spiro atoms. The first-order valence-electron chi connectivity index (χ1n) is 36.5. The van der Waals surface area contributed by atoms with Crippen LogP contribution in [0.2, 0.25) is 0 Å². The molecule has 0 aliphatic heterocycles. The van der Waals surface area contributed by atoms with Crippen molar-refractivity contribution in [3.63, 3.8) is 0 Å². The number of hydrogen-bond donors (Lipinski definition) is 5. The van der Waals surface area contributed by atoms with Gasteiger partial charge in [0.1, 0.15) is 43.3 Å². The fourth-order valence-corrected chi connectivity index (χ4v) is 14.4. The van der Waals surface area contributed by atoms with Gasteiger partial charge in [-0.15, -0.1) is 0 Å². The van der Waals surface area contributed by atoms with Gasteiger partial charge in [-0.25, -0.2) is 24.0 Å². The molecule has 3 aliphatic rings. The molecule has 0 saturated carbocycles. The Bertz CT molecular complexity index is 4400. The molecule has 0 heterocycles. The van der Waals surface area contributed by atoms with Crippen molar-refractivity contribution >= 4 is 36.2 Å². The lowest BCUT2D eigenvalue weighted by molar-refractivity contribution is -0.147. The van der Waals surface area contributed by atoms with Crippen LogP contribution in [0.15, 0.2) is 261 Å². The zero-order valence-corrected chi connectivity index (χ0v) is 61.9. The highest BCUT2D eigenvalue weighted by atomic mass is 16.6. The number of carbonyl (C=O) groups excluding carboxylic acids is 4. The molecule has 2 atom stereocenters. The molecule has 10 aromatic rings. The summed E-state index contributed by atoms with van der Waals surface area (Å²) in [6.45, 7) is 14.7. The van der Waals surface area contributed by atoms with Gasteiger partial charge in [0.2, 0.25) is 0 Å². The van der Waals surface area contributed by atoms with Gasteiger partial charge in [0.25, 0.3) is 0 Å². The predicted octanol–water partition coefficient (Wildman–Crippen LogP) is 19.9. The summed E-state index contributed by atoms with van der Waals surface area (Å²) >= 11 is 0. The van der Waals surface area contributed by atoms with Crippen molar-refractivity contribution in [2.24, 2.45) is 11.8 Å². The van der Waals surface area contributed by atoms with Crippen molar-refractivity contribution < 1.29 is 62.7 Å². The van der Waals surface area contributed by atoms with E-state index in [1.807, 2.05) is 111 Å². The van der Waals surface area contributed by atoms with Crippen LogP contribution in [0.25, 0.3) is 33.4 Å². The summed E-state index contributed by atoms with van der Waals surface area (Å²) in [4.78, 5) is 71.4. The summed E-state index contributed by atoms with van der Waals surface area (Å²) in [5.74, 6) is -1.36. The minimum absolute atomic E-state index is 0. The van der Waals surface area contributed by atoms with Gasteiger partial charge in [-0.2, -0.15) is 0 Å². The number of esters is 1. The van der Waals surface area contributed by atoms with Gasteiger partial charge < -0.3 is 49.8 Å². The number of rotatable bonds is 23. The van der Waals surface area contributed by atoms with Crippen LogP contribution >= 0.6 is 0 Å².